The van der Waals surface area contributed by atoms with Gasteiger partial charge in [-0.15, -0.1) is 11.8 Å². The third-order valence-corrected chi connectivity index (χ3v) is 9.86. The summed E-state index contributed by atoms with van der Waals surface area (Å²) in [5, 5.41) is 8.83. The van der Waals surface area contributed by atoms with Crippen LogP contribution in [0.3, 0.4) is 0 Å². The van der Waals surface area contributed by atoms with E-state index in [-0.39, 0.29) is 19.1 Å². The molecule has 2 heterocycles. The van der Waals surface area contributed by atoms with Crippen molar-refractivity contribution in [2.75, 3.05) is 64.6 Å². The van der Waals surface area contributed by atoms with Gasteiger partial charge in [-0.1, -0.05) is 41.4 Å². The monoisotopic (exact) mass is 710 g/mol. The lowest BCUT2D eigenvalue weighted by Gasteiger charge is -2.29. The predicted octanol–water partition coefficient (Wildman–Crippen LogP) is 7.56. The Kier molecular flexibility index (Phi) is 12.0. The lowest BCUT2D eigenvalue weighted by atomic mass is 10.1. The molecule has 0 radical (unpaired) electrons. The number of unbranched alkanes of at least 4 members (excludes halogenated alkanes) is 1. The first-order valence-electron chi connectivity index (χ1n) is 16.0. The molecule has 9 nitrogen and oxygen atoms in total. The number of ether oxygens (including phenoxy) is 2. The summed E-state index contributed by atoms with van der Waals surface area (Å²) in [5.41, 5.74) is 4.91. The molecule has 1 aromatic heterocycles. The van der Waals surface area contributed by atoms with Gasteiger partial charge in [0, 0.05) is 62.2 Å². The van der Waals surface area contributed by atoms with E-state index in [9.17, 15) is 9.59 Å². The predicted molar refractivity (Wildman–Crippen MR) is 194 cm³/mol. The number of thioether (sulfide) groups is 1. The Balaban J connectivity index is 1.20. The van der Waals surface area contributed by atoms with Gasteiger partial charge in [0.15, 0.2) is 0 Å². The first kappa shape index (κ1) is 35.6. The van der Waals surface area contributed by atoms with Crippen molar-refractivity contribution in [1.82, 2.24) is 15.1 Å². The Morgan fingerprint density at radius 2 is 1.83 bits per heavy atom. The van der Waals surface area contributed by atoms with Crippen molar-refractivity contribution >= 4 is 52.7 Å². The second-order valence-corrected chi connectivity index (χ2v) is 14.6. The molecule has 1 aliphatic rings. The molecule has 0 spiro atoms. The van der Waals surface area contributed by atoms with Crippen molar-refractivity contribution in [3.05, 3.63) is 93.7 Å². The van der Waals surface area contributed by atoms with E-state index in [1.807, 2.05) is 66.5 Å². The number of carbonyl (C=O) groups excluding carboxylic acids is 2. The number of amides is 2. The highest BCUT2D eigenvalue weighted by atomic mass is 35.5. The molecular formula is C36H42Cl2N5O4S+. The average molecular weight is 712 g/mol. The van der Waals surface area contributed by atoms with Crippen LogP contribution in [0, 0.1) is 6.92 Å². The highest BCUT2D eigenvalue weighted by Crippen LogP contribution is 2.42. The molecule has 0 unspecified atom stereocenters. The van der Waals surface area contributed by atoms with Gasteiger partial charge in [0.1, 0.15) is 19.0 Å². The van der Waals surface area contributed by atoms with Crippen molar-refractivity contribution in [1.29, 1.82) is 0 Å². The van der Waals surface area contributed by atoms with Crippen LogP contribution in [0.4, 0.5) is 10.5 Å². The van der Waals surface area contributed by atoms with Gasteiger partial charge in [0.25, 0.3) is 5.91 Å². The number of hydrogen-bond donors (Lipinski definition) is 1. The van der Waals surface area contributed by atoms with E-state index in [4.69, 9.17) is 32.7 Å². The van der Waals surface area contributed by atoms with E-state index in [1.165, 1.54) is 0 Å². The normalized spacial score (nSPS) is 12.8. The van der Waals surface area contributed by atoms with Crippen LogP contribution in [0.15, 0.2) is 71.9 Å². The van der Waals surface area contributed by atoms with E-state index in [0.29, 0.717) is 41.0 Å². The minimum atomic E-state index is -0.418. The Labute approximate surface area is 296 Å². The molecule has 254 valence electrons. The summed E-state index contributed by atoms with van der Waals surface area (Å²) in [7, 11) is 6.50. The number of fused-ring (bicyclic) bond motifs is 1. The van der Waals surface area contributed by atoms with Crippen molar-refractivity contribution in [3.8, 4) is 16.9 Å². The molecule has 0 saturated heterocycles. The molecule has 0 aliphatic carbocycles. The van der Waals surface area contributed by atoms with Crippen LogP contribution < -0.4 is 15.0 Å². The standard InChI is InChI=1S/C36H41Cl2N5O4S/c1-25-30(37)10-8-12-33(25)46-18-19-47-36(45)42-16-20-48-34-29(9-7-11-32(34)42)28-22-40-41(24-28)23-27-21-26(13-14-31(27)38)35(44)39-15-5-6-17-43(2,3)4/h7-14,21-22,24H,5-6,15-20,23H2,1-4H3/p+1. The Morgan fingerprint density at radius 1 is 1.02 bits per heavy atom. The Hall–Kier alpha value is -3.70. The fraction of sp³-hybridized carbons (Fsp3) is 0.361. The average Bonchev–Trinajstić information content (AvgIpc) is 3.52. The third-order valence-electron chi connectivity index (χ3n) is 7.98. The second kappa shape index (κ2) is 16.1. The van der Waals surface area contributed by atoms with Crippen LogP contribution in [0.2, 0.25) is 10.0 Å². The van der Waals surface area contributed by atoms with Crippen molar-refractivity contribution in [2.24, 2.45) is 0 Å². The summed E-state index contributed by atoms with van der Waals surface area (Å²) in [5.74, 6) is 1.28. The summed E-state index contributed by atoms with van der Waals surface area (Å²) in [6.45, 7) is 4.84. The molecule has 1 aliphatic heterocycles. The topological polar surface area (TPSA) is 85.7 Å². The quantitative estimate of drug-likeness (QED) is 0.114. The molecule has 1 N–H and O–H groups in total. The lowest BCUT2D eigenvalue weighted by Crippen LogP contribution is -2.36. The maximum Gasteiger partial charge on any atom is 0.414 e. The maximum absolute atomic E-state index is 13.1. The number of quaternary nitrogens is 1. The van der Waals surface area contributed by atoms with Crippen LogP contribution in [-0.2, 0) is 11.3 Å². The number of carbonyl (C=O) groups is 2. The summed E-state index contributed by atoms with van der Waals surface area (Å²) < 4.78 is 14.1. The summed E-state index contributed by atoms with van der Waals surface area (Å²) in [6, 6.07) is 16.7. The molecule has 4 aromatic rings. The summed E-state index contributed by atoms with van der Waals surface area (Å²) >= 11 is 14.4. The molecule has 0 saturated carbocycles. The largest absolute Gasteiger partial charge is 0.490 e. The number of hydrogen-bond acceptors (Lipinski definition) is 6. The van der Waals surface area contributed by atoms with Gasteiger partial charge in [0.2, 0.25) is 0 Å². The van der Waals surface area contributed by atoms with E-state index >= 15 is 0 Å². The summed E-state index contributed by atoms with van der Waals surface area (Å²) in [6.07, 6.45) is 5.32. The highest BCUT2D eigenvalue weighted by molar-refractivity contribution is 7.99. The summed E-state index contributed by atoms with van der Waals surface area (Å²) in [4.78, 5) is 28.6. The zero-order valence-electron chi connectivity index (χ0n) is 27.8. The number of aromatic nitrogens is 2. The number of rotatable bonds is 13. The highest BCUT2D eigenvalue weighted by Gasteiger charge is 2.27. The molecule has 2 amide bonds. The van der Waals surface area contributed by atoms with Crippen LogP contribution in [-0.4, -0.2) is 86.0 Å². The molecule has 48 heavy (non-hydrogen) atoms. The van der Waals surface area contributed by atoms with Gasteiger partial charge in [-0.05, 0) is 61.7 Å². The fourth-order valence-electron chi connectivity index (χ4n) is 5.38. The molecule has 3 aromatic carbocycles. The zero-order valence-corrected chi connectivity index (χ0v) is 30.1. The van der Waals surface area contributed by atoms with Crippen LogP contribution in [0.1, 0.15) is 34.3 Å². The van der Waals surface area contributed by atoms with E-state index in [0.717, 1.165) is 62.5 Å². The first-order chi connectivity index (χ1) is 23.0. The minimum absolute atomic E-state index is 0.110. The molecule has 0 atom stereocenters. The van der Waals surface area contributed by atoms with Crippen molar-refractivity contribution < 1.29 is 23.5 Å². The van der Waals surface area contributed by atoms with Gasteiger partial charge in [0.05, 0.1) is 46.1 Å². The van der Waals surface area contributed by atoms with Crippen molar-refractivity contribution in [2.45, 2.75) is 31.2 Å². The molecule has 0 bridgehead atoms. The van der Waals surface area contributed by atoms with E-state index < -0.39 is 6.09 Å². The number of nitrogens with one attached hydrogen (secondary N) is 1. The van der Waals surface area contributed by atoms with Gasteiger partial charge >= 0.3 is 6.09 Å². The zero-order chi connectivity index (χ0) is 34.3. The second-order valence-electron chi connectivity index (χ2n) is 12.7. The third kappa shape index (κ3) is 9.25. The smallest absolute Gasteiger partial charge is 0.414 e. The van der Waals surface area contributed by atoms with Crippen LogP contribution in [0.5, 0.6) is 5.75 Å². The maximum atomic E-state index is 13.1. The number of anilines is 1. The molecule has 5 rings (SSSR count). The van der Waals surface area contributed by atoms with Gasteiger partial charge in [-0.3, -0.25) is 14.4 Å². The number of halogens is 2. The number of benzene rings is 3. The first-order valence-corrected chi connectivity index (χ1v) is 17.7. The van der Waals surface area contributed by atoms with Crippen LogP contribution >= 0.6 is 35.0 Å². The molecular weight excluding hydrogens is 669 g/mol. The van der Waals surface area contributed by atoms with Crippen LogP contribution in [0.25, 0.3) is 11.1 Å². The molecule has 12 heteroatoms. The SMILES string of the molecule is Cc1c(Cl)cccc1OCCOC(=O)N1CCSc2c(-c3cnn(Cc4cc(C(=O)NCCCC[N+](C)(C)C)ccc4Cl)c3)cccc21. The van der Waals surface area contributed by atoms with Gasteiger partial charge < -0.3 is 19.3 Å². The Bertz CT molecular complexity index is 1760. The van der Waals surface area contributed by atoms with Crippen molar-refractivity contribution in [3.63, 3.8) is 0 Å². The minimum Gasteiger partial charge on any atom is -0.490 e. The number of nitrogens with zero attached hydrogens (tertiary/aromatic N) is 4. The Morgan fingerprint density at radius 3 is 2.65 bits per heavy atom. The van der Waals surface area contributed by atoms with Gasteiger partial charge in [-0.25, -0.2) is 4.79 Å². The van der Waals surface area contributed by atoms with Gasteiger partial charge in [-0.2, -0.15) is 5.10 Å². The van der Waals surface area contributed by atoms with E-state index in [2.05, 4.69) is 31.6 Å². The molecule has 0 fully saturated rings. The lowest BCUT2D eigenvalue weighted by molar-refractivity contribution is -0.870. The fourth-order valence-corrected chi connectivity index (χ4v) is 6.87. The van der Waals surface area contributed by atoms with E-state index in [1.54, 1.807) is 28.8 Å².